The molecule has 0 aliphatic rings. The van der Waals surface area contributed by atoms with E-state index in [9.17, 15) is 13.2 Å². The van der Waals surface area contributed by atoms with E-state index in [4.69, 9.17) is 21.4 Å². The molecule has 8 heteroatoms. The molecular weight excluding hydrogens is 378 g/mol. The van der Waals surface area contributed by atoms with Crippen molar-refractivity contribution in [1.29, 1.82) is 0 Å². The molecule has 0 radical (unpaired) electrons. The summed E-state index contributed by atoms with van der Waals surface area (Å²) in [4.78, 5) is 10.9. The van der Waals surface area contributed by atoms with E-state index in [1.165, 1.54) is 25.4 Å². The van der Waals surface area contributed by atoms with Crippen LogP contribution in [-0.4, -0.2) is 30.6 Å². The predicted octanol–water partition coefficient (Wildman–Crippen LogP) is 3.56. The number of carbonyl (C=O) groups is 1. The van der Waals surface area contributed by atoms with Crippen molar-refractivity contribution in [3.8, 4) is 5.75 Å². The summed E-state index contributed by atoms with van der Waals surface area (Å²) >= 11 is 6.08. The van der Waals surface area contributed by atoms with Crippen LogP contribution in [0.2, 0.25) is 5.02 Å². The average Bonchev–Trinajstić information content (AvgIpc) is 2.98. The van der Waals surface area contributed by atoms with Gasteiger partial charge in [0.25, 0.3) is 10.0 Å². The number of methoxy groups -OCH3 is 1. The Morgan fingerprint density at radius 3 is 2.62 bits per heavy atom. The van der Waals surface area contributed by atoms with Crippen molar-refractivity contribution in [2.75, 3.05) is 7.11 Å². The summed E-state index contributed by atoms with van der Waals surface area (Å²) < 4.78 is 32.6. The summed E-state index contributed by atoms with van der Waals surface area (Å²) in [5, 5.41) is 9.71. The van der Waals surface area contributed by atoms with Gasteiger partial charge in [-0.05, 0) is 42.3 Å². The van der Waals surface area contributed by atoms with Gasteiger partial charge in [-0.2, -0.15) is 0 Å². The van der Waals surface area contributed by atoms with Crippen LogP contribution < -0.4 is 4.74 Å². The van der Waals surface area contributed by atoms with Crippen LogP contribution in [-0.2, 0) is 21.2 Å². The Kier molecular flexibility index (Phi) is 4.93. The third-order valence-corrected chi connectivity index (χ3v) is 6.22. The van der Waals surface area contributed by atoms with Crippen LogP contribution in [0.3, 0.4) is 0 Å². The molecule has 136 valence electrons. The number of ether oxygens (including phenoxy) is 1. The standard InChI is InChI=1S/C18H16ClNO5S/c1-25-13-7-8-16-14(10-13)12(6-9-18(21)22)11-20(16)26(23,24)17-5-3-2-4-15(17)19/h2-5,7-8,10-11H,6,9H2,1H3,(H,21,22). The quantitative estimate of drug-likeness (QED) is 0.692. The molecule has 0 atom stereocenters. The molecule has 0 amide bonds. The van der Waals surface area contributed by atoms with Crippen LogP contribution in [0.15, 0.2) is 53.6 Å². The predicted molar refractivity (Wildman–Crippen MR) is 98.5 cm³/mol. The van der Waals surface area contributed by atoms with Gasteiger partial charge in [0.05, 0.1) is 17.6 Å². The van der Waals surface area contributed by atoms with E-state index < -0.39 is 16.0 Å². The van der Waals surface area contributed by atoms with Gasteiger partial charge in [-0.25, -0.2) is 12.4 Å². The highest BCUT2D eigenvalue weighted by Crippen LogP contribution is 2.31. The van der Waals surface area contributed by atoms with Crippen LogP contribution in [0.5, 0.6) is 5.75 Å². The summed E-state index contributed by atoms with van der Waals surface area (Å²) in [5.41, 5.74) is 1.04. The molecule has 0 spiro atoms. The van der Waals surface area contributed by atoms with Crippen molar-refractivity contribution in [2.45, 2.75) is 17.7 Å². The Morgan fingerprint density at radius 1 is 1.23 bits per heavy atom. The molecule has 0 aliphatic heterocycles. The van der Waals surface area contributed by atoms with Crippen LogP contribution in [0, 0.1) is 0 Å². The molecule has 2 aromatic carbocycles. The molecule has 3 rings (SSSR count). The highest BCUT2D eigenvalue weighted by Gasteiger charge is 2.23. The van der Waals surface area contributed by atoms with Gasteiger partial charge in [-0.3, -0.25) is 4.79 Å². The first-order valence-corrected chi connectivity index (χ1v) is 9.56. The number of nitrogens with zero attached hydrogens (tertiary/aromatic N) is 1. The molecule has 0 aliphatic carbocycles. The summed E-state index contributed by atoms with van der Waals surface area (Å²) in [6.45, 7) is 0. The second-order valence-corrected chi connectivity index (χ2v) is 7.85. The van der Waals surface area contributed by atoms with Gasteiger partial charge in [0, 0.05) is 18.0 Å². The maximum absolute atomic E-state index is 13.1. The Hall–Kier alpha value is -2.51. The first-order valence-electron chi connectivity index (χ1n) is 7.74. The number of hydrogen-bond acceptors (Lipinski definition) is 4. The number of aliphatic carboxylic acids is 1. The minimum Gasteiger partial charge on any atom is -0.497 e. The maximum Gasteiger partial charge on any atom is 0.303 e. The number of rotatable bonds is 6. The number of aryl methyl sites for hydroxylation is 1. The largest absolute Gasteiger partial charge is 0.497 e. The van der Waals surface area contributed by atoms with Crippen molar-refractivity contribution in [1.82, 2.24) is 3.97 Å². The smallest absolute Gasteiger partial charge is 0.303 e. The molecule has 0 fully saturated rings. The van der Waals surface area contributed by atoms with Crippen molar-refractivity contribution in [2.24, 2.45) is 0 Å². The number of halogens is 1. The second-order valence-electron chi connectivity index (χ2n) is 5.66. The van der Waals surface area contributed by atoms with E-state index in [1.54, 1.807) is 30.3 Å². The van der Waals surface area contributed by atoms with Gasteiger partial charge < -0.3 is 9.84 Å². The van der Waals surface area contributed by atoms with Crippen LogP contribution in [0.1, 0.15) is 12.0 Å². The molecule has 1 heterocycles. The average molecular weight is 394 g/mol. The van der Waals surface area contributed by atoms with E-state index in [0.717, 1.165) is 3.97 Å². The van der Waals surface area contributed by atoms with Gasteiger partial charge in [0.1, 0.15) is 10.6 Å². The van der Waals surface area contributed by atoms with E-state index in [0.29, 0.717) is 22.2 Å². The lowest BCUT2D eigenvalue weighted by molar-refractivity contribution is -0.136. The van der Waals surface area contributed by atoms with Gasteiger partial charge >= 0.3 is 5.97 Å². The molecule has 0 unspecified atom stereocenters. The Balaban J connectivity index is 2.23. The number of aromatic nitrogens is 1. The molecule has 0 saturated carbocycles. The third-order valence-electron chi connectivity index (χ3n) is 4.04. The molecule has 6 nitrogen and oxygen atoms in total. The number of carboxylic acids is 1. The van der Waals surface area contributed by atoms with E-state index in [-0.39, 0.29) is 22.8 Å². The normalized spacial score (nSPS) is 11.6. The molecule has 3 aromatic rings. The highest BCUT2D eigenvalue weighted by molar-refractivity contribution is 7.90. The number of fused-ring (bicyclic) bond motifs is 1. The molecule has 0 bridgehead atoms. The van der Waals surface area contributed by atoms with Gasteiger partial charge in [-0.1, -0.05) is 23.7 Å². The topological polar surface area (TPSA) is 85.6 Å². The number of benzene rings is 2. The minimum absolute atomic E-state index is 0.0147. The lowest BCUT2D eigenvalue weighted by atomic mass is 10.1. The fourth-order valence-corrected chi connectivity index (χ4v) is 4.66. The molecular formula is C18H16ClNO5S. The van der Waals surface area contributed by atoms with E-state index >= 15 is 0 Å². The van der Waals surface area contributed by atoms with Crippen molar-refractivity contribution in [3.63, 3.8) is 0 Å². The number of carboxylic acid groups (broad SMARTS) is 1. The molecule has 1 aromatic heterocycles. The summed E-state index contributed by atoms with van der Waals surface area (Å²) in [5.74, 6) is -0.398. The Labute approximate surface area is 155 Å². The van der Waals surface area contributed by atoms with Gasteiger partial charge in [0.15, 0.2) is 0 Å². The van der Waals surface area contributed by atoms with E-state index in [2.05, 4.69) is 0 Å². The van der Waals surface area contributed by atoms with Crippen LogP contribution in [0.25, 0.3) is 10.9 Å². The zero-order valence-electron chi connectivity index (χ0n) is 13.8. The molecule has 1 N–H and O–H groups in total. The monoisotopic (exact) mass is 393 g/mol. The Morgan fingerprint density at radius 2 is 1.96 bits per heavy atom. The zero-order valence-corrected chi connectivity index (χ0v) is 15.4. The SMILES string of the molecule is COc1ccc2c(c1)c(CCC(=O)O)cn2S(=O)(=O)c1ccccc1Cl. The van der Waals surface area contributed by atoms with Gasteiger partial charge in [0.2, 0.25) is 0 Å². The summed E-state index contributed by atoms with van der Waals surface area (Å²) in [6.07, 6.45) is 1.54. The van der Waals surface area contributed by atoms with Crippen molar-refractivity contribution < 1.29 is 23.1 Å². The minimum atomic E-state index is -3.94. The van der Waals surface area contributed by atoms with Crippen molar-refractivity contribution >= 4 is 38.5 Å². The summed E-state index contributed by atoms with van der Waals surface area (Å²) in [6, 6.07) is 11.2. The highest BCUT2D eigenvalue weighted by atomic mass is 35.5. The zero-order chi connectivity index (χ0) is 18.9. The third kappa shape index (κ3) is 3.27. The van der Waals surface area contributed by atoms with Crippen molar-refractivity contribution in [3.05, 3.63) is 59.2 Å². The van der Waals surface area contributed by atoms with Crippen LogP contribution >= 0.6 is 11.6 Å². The first-order chi connectivity index (χ1) is 12.3. The lowest BCUT2D eigenvalue weighted by Gasteiger charge is -2.09. The molecule has 0 saturated heterocycles. The lowest BCUT2D eigenvalue weighted by Crippen LogP contribution is -2.12. The van der Waals surface area contributed by atoms with E-state index in [1.807, 2.05) is 0 Å². The molecule has 26 heavy (non-hydrogen) atoms. The Bertz CT molecular complexity index is 1090. The van der Waals surface area contributed by atoms with Gasteiger partial charge in [-0.15, -0.1) is 0 Å². The van der Waals surface area contributed by atoms with Crippen LogP contribution in [0.4, 0.5) is 0 Å². The number of hydrogen-bond donors (Lipinski definition) is 1. The second kappa shape index (κ2) is 7.01. The maximum atomic E-state index is 13.1. The fourth-order valence-electron chi connectivity index (χ4n) is 2.77. The first kappa shape index (κ1) is 18.3. The fraction of sp³-hybridized carbons (Fsp3) is 0.167. The summed E-state index contributed by atoms with van der Waals surface area (Å²) in [7, 11) is -2.43.